The SMILES string of the molecule is COc1ccccc1N(C)S(=O)(=O)c1ccc(C)c(C(=O)Nc2ccc(C)c(F)c2)c1. The molecule has 1 amide bonds. The zero-order valence-corrected chi connectivity index (χ0v) is 18.5. The van der Waals surface area contributed by atoms with Crippen LogP contribution in [0.2, 0.25) is 0 Å². The van der Waals surface area contributed by atoms with Gasteiger partial charge < -0.3 is 10.1 Å². The van der Waals surface area contributed by atoms with Crippen LogP contribution >= 0.6 is 0 Å². The van der Waals surface area contributed by atoms with Crippen LogP contribution in [-0.2, 0) is 10.0 Å². The van der Waals surface area contributed by atoms with Gasteiger partial charge in [0.15, 0.2) is 0 Å². The van der Waals surface area contributed by atoms with Crippen molar-refractivity contribution in [2.45, 2.75) is 18.7 Å². The molecule has 0 atom stereocenters. The molecule has 0 aliphatic rings. The fraction of sp³-hybridized carbons (Fsp3) is 0.174. The molecule has 0 saturated carbocycles. The quantitative estimate of drug-likeness (QED) is 0.609. The van der Waals surface area contributed by atoms with Crippen molar-refractivity contribution in [3.05, 3.63) is 83.2 Å². The number of amides is 1. The van der Waals surface area contributed by atoms with E-state index in [-0.39, 0.29) is 16.1 Å². The van der Waals surface area contributed by atoms with Crippen molar-refractivity contribution in [3.8, 4) is 5.75 Å². The van der Waals surface area contributed by atoms with Crippen LogP contribution in [0.25, 0.3) is 0 Å². The van der Waals surface area contributed by atoms with Crippen LogP contribution in [-0.4, -0.2) is 28.5 Å². The Labute approximate surface area is 181 Å². The zero-order chi connectivity index (χ0) is 22.8. The molecule has 0 spiro atoms. The minimum atomic E-state index is -3.97. The van der Waals surface area contributed by atoms with E-state index in [1.165, 1.54) is 32.4 Å². The molecule has 3 aromatic carbocycles. The van der Waals surface area contributed by atoms with Crippen LogP contribution in [0, 0.1) is 19.7 Å². The molecule has 0 fully saturated rings. The maximum atomic E-state index is 13.8. The van der Waals surface area contributed by atoms with Crippen LogP contribution in [0.1, 0.15) is 21.5 Å². The topological polar surface area (TPSA) is 75.7 Å². The molecule has 0 unspecified atom stereocenters. The molecule has 3 aromatic rings. The molecule has 0 aliphatic carbocycles. The van der Waals surface area contributed by atoms with E-state index in [1.54, 1.807) is 56.3 Å². The molecule has 0 saturated heterocycles. The van der Waals surface area contributed by atoms with Crippen LogP contribution < -0.4 is 14.4 Å². The summed E-state index contributed by atoms with van der Waals surface area (Å²) in [6.07, 6.45) is 0. The third-order valence-corrected chi connectivity index (χ3v) is 6.73. The maximum absolute atomic E-state index is 13.8. The largest absolute Gasteiger partial charge is 0.495 e. The Morgan fingerprint density at radius 3 is 2.35 bits per heavy atom. The highest BCUT2D eigenvalue weighted by atomic mass is 32.2. The normalized spacial score (nSPS) is 11.1. The van der Waals surface area contributed by atoms with Gasteiger partial charge in [-0.25, -0.2) is 12.8 Å². The van der Waals surface area contributed by atoms with Gasteiger partial charge in [-0.05, 0) is 61.4 Å². The zero-order valence-electron chi connectivity index (χ0n) is 17.6. The summed E-state index contributed by atoms with van der Waals surface area (Å²) in [6.45, 7) is 3.32. The highest BCUT2D eigenvalue weighted by Crippen LogP contribution is 2.31. The van der Waals surface area contributed by atoms with Crippen molar-refractivity contribution in [3.63, 3.8) is 0 Å². The van der Waals surface area contributed by atoms with E-state index in [1.807, 2.05) is 0 Å². The first kappa shape index (κ1) is 22.3. The monoisotopic (exact) mass is 442 g/mol. The van der Waals surface area contributed by atoms with Crippen LogP contribution in [0.3, 0.4) is 0 Å². The third-order valence-electron chi connectivity index (χ3n) is 4.97. The summed E-state index contributed by atoms with van der Waals surface area (Å²) in [6, 6.07) is 15.4. The molecular formula is C23H23FN2O4S. The molecular weight excluding hydrogens is 419 g/mol. The Bertz CT molecular complexity index is 1240. The van der Waals surface area contributed by atoms with Gasteiger partial charge in [0.2, 0.25) is 0 Å². The van der Waals surface area contributed by atoms with Gasteiger partial charge >= 0.3 is 0 Å². The van der Waals surface area contributed by atoms with E-state index >= 15 is 0 Å². The molecule has 31 heavy (non-hydrogen) atoms. The number of sulfonamides is 1. The van der Waals surface area contributed by atoms with Gasteiger partial charge in [0, 0.05) is 18.3 Å². The highest BCUT2D eigenvalue weighted by molar-refractivity contribution is 7.92. The summed E-state index contributed by atoms with van der Waals surface area (Å²) in [5.41, 5.74) is 1.87. The maximum Gasteiger partial charge on any atom is 0.264 e. The van der Waals surface area contributed by atoms with Crippen LogP contribution in [0.5, 0.6) is 5.75 Å². The minimum absolute atomic E-state index is 0.0493. The summed E-state index contributed by atoms with van der Waals surface area (Å²) in [5, 5.41) is 2.62. The van der Waals surface area contributed by atoms with Crippen molar-refractivity contribution >= 4 is 27.3 Å². The number of rotatable bonds is 6. The number of aryl methyl sites for hydroxylation is 2. The molecule has 8 heteroatoms. The number of carbonyl (C=O) groups is 1. The van der Waals surface area contributed by atoms with Crippen molar-refractivity contribution in [2.75, 3.05) is 23.8 Å². The van der Waals surface area contributed by atoms with E-state index in [2.05, 4.69) is 5.32 Å². The summed E-state index contributed by atoms with van der Waals surface area (Å²) < 4.78 is 46.6. The average Bonchev–Trinajstić information content (AvgIpc) is 2.75. The number of benzene rings is 3. The van der Waals surface area contributed by atoms with E-state index < -0.39 is 21.7 Å². The van der Waals surface area contributed by atoms with Gasteiger partial charge in [-0.15, -0.1) is 0 Å². The summed E-state index contributed by atoms with van der Waals surface area (Å²) >= 11 is 0. The Kier molecular flexibility index (Phi) is 6.31. The fourth-order valence-electron chi connectivity index (χ4n) is 3.05. The van der Waals surface area contributed by atoms with E-state index in [4.69, 9.17) is 4.74 Å². The smallest absolute Gasteiger partial charge is 0.264 e. The second-order valence-electron chi connectivity index (χ2n) is 7.04. The number of hydrogen-bond acceptors (Lipinski definition) is 4. The van der Waals surface area contributed by atoms with Gasteiger partial charge in [0.25, 0.3) is 15.9 Å². The lowest BCUT2D eigenvalue weighted by atomic mass is 10.1. The summed E-state index contributed by atoms with van der Waals surface area (Å²) in [7, 11) is -1.09. The lowest BCUT2D eigenvalue weighted by Crippen LogP contribution is -2.27. The molecule has 0 aliphatic heterocycles. The molecule has 6 nitrogen and oxygen atoms in total. The number of hydrogen-bond donors (Lipinski definition) is 1. The second-order valence-corrected chi connectivity index (χ2v) is 9.01. The van der Waals surface area contributed by atoms with Crippen LogP contribution in [0.15, 0.2) is 65.6 Å². The van der Waals surface area contributed by atoms with Crippen molar-refractivity contribution in [1.82, 2.24) is 0 Å². The number of carbonyl (C=O) groups excluding carboxylic acids is 1. The van der Waals surface area contributed by atoms with Crippen molar-refractivity contribution < 1.29 is 22.3 Å². The van der Waals surface area contributed by atoms with Gasteiger partial charge in [-0.3, -0.25) is 9.10 Å². The predicted octanol–water partition coefficient (Wildman–Crippen LogP) is 4.53. The molecule has 0 bridgehead atoms. The first-order valence-corrected chi connectivity index (χ1v) is 10.9. The number of anilines is 2. The highest BCUT2D eigenvalue weighted by Gasteiger charge is 2.25. The van der Waals surface area contributed by atoms with Crippen molar-refractivity contribution in [1.29, 1.82) is 0 Å². The number of nitrogens with zero attached hydrogens (tertiary/aromatic N) is 1. The van der Waals surface area contributed by atoms with Crippen molar-refractivity contribution in [2.24, 2.45) is 0 Å². The lowest BCUT2D eigenvalue weighted by Gasteiger charge is -2.22. The average molecular weight is 443 g/mol. The molecule has 0 heterocycles. The Morgan fingerprint density at radius 1 is 1.00 bits per heavy atom. The minimum Gasteiger partial charge on any atom is -0.495 e. The predicted molar refractivity (Wildman–Crippen MR) is 119 cm³/mol. The summed E-state index contributed by atoms with van der Waals surface area (Å²) in [5.74, 6) is -0.568. The Balaban J connectivity index is 1.95. The van der Waals surface area contributed by atoms with E-state index in [0.29, 0.717) is 22.6 Å². The molecule has 0 aromatic heterocycles. The number of nitrogens with one attached hydrogen (secondary N) is 1. The third kappa shape index (κ3) is 4.54. The first-order chi connectivity index (χ1) is 14.6. The molecule has 1 N–H and O–H groups in total. The molecule has 162 valence electrons. The van der Waals surface area contributed by atoms with Gasteiger partial charge in [-0.2, -0.15) is 0 Å². The molecule has 3 rings (SSSR count). The van der Waals surface area contributed by atoms with E-state index in [0.717, 1.165) is 4.31 Å². The number of methoxy groups -OCH3 is 1. The Morgan fingerprint density at radius 2 is 1.68 bits per heavy atom. The Hall–Kier alpha value is -3.39. The van der Waals surface area contributed by atoms with Crippen LogP contribution in [0.4, 0.5) is 15.8 Å². The fourth-order valence-corrected chi connectivity index (χ4v) is 4.29. The standard InChI is InChI=1S/C23H23FN2O4S/c1-15-10-12-18(31(28,29)26(3)21-7-5-6-8-22(21)30-4)14-19(15)23(27)25-17-11-9-16(2)20(24)13-17/h5-14H,1-4H3,(H,25,27). The lowest BCUT2D eigenvalue weighted by molar-refractivity contribution is 0.102. The van der Waals surface area contributed by atoms with E-state index in [9.17, 15) is 17.6 Å². The first-order valence-electron chi connectivity index (χ1n) is 9.45. The van der Waals surface area contributed by atoms with Gasteiger partial charge in [0.1, 0.15) is 11.6 Å². The van der Waals surface area contributed by atoms with Gasteiger partial charge in [-0.1, -0.05) is 24.3 Å². The number of ether oxygens (including phenoxy) is 1. The summed E-state index contributed by atoms with van der Waals surface area (Å²) in [4.78, 5) is 12.7. The number of halogens is 1. The number of para-hydroxylation sites is 2. The van der Waals surface area contributed by atoms with Gasteiger partial charge in [0.05, 0.1) is 17.7 Å². The molecule has 0 radical (unpaired) electrons. The second kappa shape index (κ2) is 8.77.